The molecule has 0 spiro atoms. The average molecular weight is 243 g/mol. The predicted molar refractivity (Wildman–Crippen MR) is 63.4 cm³/mol. The van der Waals surface area contributed by atoms with Crippen molar-refractivity contribution in [1.29, 1.82) is 0 Å². The summed E-state index contributed by atoms with van der Waals surface area (Å²) in [6, 6.07) is 0.163. The molecule has 2 aliphatic heterocycles. The minimum atomic E-state index is -0.328. The highest BCUT2D eigenvalue weighted by Crippen LogP contribution is 2.17. The van der Waals surface area contributed by atoms with Crippen LogP contribution in [0.2, 0.25) is 0 Å². The zero-order chi connectivity index (χ0) is 11.7. The lowest BCUT2D eigenvalue weighted by atomic mass is 10.1. The van der Waals surface area contributed by atoms with Crippen molar-refractivity contribution in [2.75, 3.05) is 18.8 Å². The molecular formula is C10H17N3O2S. The van der Waals surface area contributed by atoms with Gasteiger partial charge in [-0.2, -0.15) is 0 Å². The molecule has 0 aromatic heterocycles. The van der Waals surface area contributed by atoms with Crippen LogP contribution in [0.3, 0.4) is 0 Å². The number of rotatable bonds is 1. The molecule has 2 heterocycles. The number of piperazine rings is 1. The lowest BCUT2D eigenvalue weighted by molar-refractivity contribution is -0.136. The van der Waals surface area contributed by atoms with Crippen LogP contribution < -0.4 is 10.6 Å². The van der Waals surface area contributed by atoms with Gasteiger partial charge < -0.3 is 15.5 Å². The van der Waals surface area contributed by atoms with Crippen LogP contribution in [-0.2, 0) is 4.79 Å². The standard InChI is InChI=1S/C10H17N3O2S/c1-6-7(2)13(4-3-11-6)9(14)8-5-16-10(15)12-8/h6-8,11H,3-5H2,1-2H3,(H,12,15)/t6?,7?,8-/m0/s1. The van der Waals surface area contributed by atoms with Gasteiger partial charge in [-0.3, -0.25) is 9.59 Å². The molecule has 2 aliphatic rings. The molecule has 6 heteroatoms. The van der Waals surface area contributed by atoms with Crippen LogP contribution in [0, 0.1) is 0 Å². The van der Waals surface area contributed by atoms with Gasteiger partial charge >= 0.3 is 0 Å². The van der Waals surface area contributed by atoms with Gasteiger partial charge in [0.15, 0.2) is 0 Å². The molecule has 90 valence electrons. The number of nitrogens with zero attached hydrogens (tertiary/aromatic N) is 1. The Kier molecular flexibility index (Phi) is 3.39. The molecule has 2 saturated heterocycles. The molecule has 2 rings (SSSR count). The van der Waals surface area contributed by atoms with Crippen molar-refractivity contribution in [1.82, 2.24) is 15.5 Å². The fourth-order valence-electron chi connectivity index (χ4n) is 2.09. The molecule has 2 amide bonds. The van der Waals surface area contributed by atoms with Crippen molar-refractivity contribution < 1.29 is 9.59 Å². The summed E-state index contributed by atoms with van der Waals surface area (Å²) in [5, 5.41) is 5.94. The Balaban J connectivity index is 2.00. The predicted octanol–water partition coefficient (Wildman–Crippen LogP) is 0.0202. The van der Waals surface area contributed by atoms with E-state index in [-0.39, 0.29) is 23.2 Å². The quantitative estimate of drug-likeness (QED) is 0.681. The molecule has 0 aromatic carbocycles. The maximum Gasteiger partial charge on any atom is 0.279 e. The molecule has 5 nitrogen and oxygen atoms in total. The van der Waals surface area contributed by atoms with Gasteiger partial charge in [-0.25, -0.2) is 0 Å². The van der Waals surface area contributed by atoms with E-state index in [0.29, 0.717) is 11.8 Å². The summed E-state index contributed by atoms with van der Waals surface area (Å²) in [5.74, 6) is 0.613. The van der Waals surface area contributed by atoms with Crippen molar-refractivity contribution in [2.45, 2.75) is 32.0 Å². The highest BCUT2D eigenvalue weighted by Gasteiger charge is 2.35. The summed E-state index contributed by atoms with van der Waals surface area (Å²) in [7, 11) is 0. The fourth-order valence-corrected chi connectivity index (χ4v) is 2.86. The van der Waals surface area contributed by atoms with Crippen molar-refractivity contribution in [2.24, 2.45) is 0 Å². The first-order chi connectivity index (χ1) is 7.59. The van der Waals surface area contributed by atoms with E-state index < -0.39 is 0 Å². The number of amides is 2. The Morgan fingerprint density at radius 2 is 2.25 bits per heavy atom. The van der Waals surface area contributed by atoms with Gasteiger partial charge in [0.05, 0.1) is 0 Å². The topological polar surface area (TPSA) is 61.4 Å². The van der Waals surface area contributed by atoms with E-state index in [4.69, 9.17) is 0 Å². The smallest absolute Gasteiger partial charge is 0.279 e. The Bertz CT molecular complexity index is 310. The summed E-state index contributed by atoms with van der Waals surface area (Å²) in [6.45, 7) is 5.66. The Morgan fingerprint density at radius 3 is 2.88 bits per heavy atom. The molecule has 3 atom stereocenters. The minimum absolute atomic E-state index is 0.0548. The fraction of sp³-hybridized carbons (Fsp3) is 0.800. The number of thioether (sulfide) groups is 1. The van der Waals surface area contributed by atoms with Gasteiger partial charge in [-0.05, 0) is 13.8 Å². The van der Waals surface area contributed by atoms with E-state index >= 15 is 0 Å². The third-order valence-electron chi connectivity index (χ3n) is 3.29. The summed E-state index contributed by atoms with van der Waals surface area (Å²) in [6.07, 6.45) is 0. The average Bonchev–Trinajstić information content (AvgIpc) is 2.68. The molecule has 2 N–H and O–H groups in total. The summed E-state index contributed by atoms with van der Waals surface area (Å²) in [5.41, 5.74) is 0. The maximum absolute atomic E-state index is 12.2. The van der Waals surface area contributed by atoms with Crippen LogP contribution in [0.25, 0.3) is 0 Å². The Morgan fingerprint density at radius 1 is 1.50 bits per heavy atom. The van der Waals surface area contributed by atoms with Gasteiger partial charge in [0.1, 0.15) is 6.04 Å². The monoisotopic (exact) mass is 243 g/mol. The number of carbonyl (C=O) groups excluding carboxylic acids is 2. The first kappa shape index (κ1) is 11.7. The minimum Gasteiger partial charge on any atom is -0.335 e. The van der Waals surface area contributed by atoms with Crippen LogP contribution in [0.1, 0.15) is 13.8 Å². The number of nitrogens with one attached hydrogen (secondary N) is 2. The van der Waals surface area contributed by atoms with Crippen LogP contribution in [0.4, 0.5) is 4.79 Å². The summed E-state index contributed by atoms with van der Waals surface area (Å²) < 4.78 is 0. The van der Waals surface area contributed by atoms with E-state index in [1.807, 2.05) is 11.8 Å². The molecule has 0 bridgehead atoms. The van der Waals surface area contributed by atoms with Crippen LogP contribution >= 0.6 is 11.8 Å². The first-order valence-electron chi connectivity index (χ1n) is 5.56. The second-order valence-corrected chi connectivity index (χ2v) is 5.30. The van der Waals surface area contributed by atoms with Crippen LogP contribution in [0.5, 0.6) is 0 Å². The Labute approximate surface area is 99.3 Å². The molecule has 0 aliphatic carbocycles. The van der Waals surface area contributed by atoms with Crippen molar-refractivity contribution in [3.63, 3.8) is 0 Å². The molecular weight excluding hydrogens is 226 g/mol. The molecule has 16 heavy (non-hydrogen) atoms. The van der Waals surface area contributed by atoms with E-state index in [1.165, 1.54) is 11.8 Å². The normalized spacial score (nSPS) is 35.0. The van der Waals surface area contributed by atoms with Gasteiger partial charge in [0.25, 0.3) is 5.24 Å². The molecule has 2 fully saturated rings. The van der Waals surface area contributed by atoms with Crippen LogP contribution in [0.15, 0.2) is 0 Å². The third kappa shape index (κ3) is 2.17. The largest absolute Gasteiger partial charge is 0.335 e. The van der Waals surface area contributed by atoms with Crippen molar-refractivity contribution in [3.8, 4) is 0 Å². The zero-order valence-corrected chi connectivity index (χ0v) is 10.3. The van der Waals surface area contributed by atoms with Gasteiger partial charge in [-0.1, -0.05) is 11.8 Å². The third-order valence-corrected chi connectivity index (χ3v) is 4.17. The highest BCUT2D eigenvalue weighted by atomic mass is 32.2. The zero-order valence-electron chi connectivity index (χ0n) is 9.53. The Hall–Kier alpha value is -0.750. The lowest BCUT2D eigenvalue weighted by Gasteiger charge is -2.39. The van der Waals surface area contributed by atoms with E-state index in [1.54, 1.807) is 0 Å². The van der Waals surface area contributed by atoms with E-state index in [9.17, 15) is 9.59 Å². The molecule has 2 unspecified atom stereocenters. The second kappa shape index (κ2) is 4.63. The highest BCUT2D eigenvalue weighted by molar-refractivity contribution is 8.14. The van der Waals surface area contributed by atoms with Gasteiger partial charge in [0.2, 0.25) is 5.91 Å². The number of hydrogen-bond acceptors (Lipinski definition) is 4. The molecule has 0 radical (unpaired) electrons. The van der Waals surface area contributed by atoms with Crippen molar-refractivity contribution in [3.05, 3.63) is 0 Å². The molecule has 0 saturated carbocycles. The second-order valence-electron chi connectivity index (χ2n) is 4.31. The van der Waals surface area contributed by atoms with Crippen molar-refractivity contribution >= 4 is 22.9 Å². The number of hydrogen-bond donors (Lipinski definition) is 2. The summed E-state index contributed by atoms with van der Waals surface area (Å²) >= 11 is 1.19. The van der Waals surface area contributed by atoms with Crippen LogP contribution in [-0.4, -0.2) is 53.0 Å². The van der Waals surface area contributed by atoms with Gasteiger partial charge in [-0.15, -0.1) is 0 Å². The van der Waals surface area contributed by atoms with E-state index in [0.717, 1.165) is 13.1 Å². The summed E-state index contributed by atoms with van der Waals surface area (Å²) in [4.78, 5) is 25.1. The SMILES string of the molecule is CC1NCCN(C(=O)[C@@H]2CSC(=O)N2)C1C. The van der Waals surface area contributed by atoms with E-state index in [2.05, 4.69) is 17.6 Å². The number of carbonyl (C=O) groups is 2. The molecule has 0 aromatic rings. The maximum atomic E-state index is 12.2. The van der Waals surface area contributed by atoms with Gasteiger partial charge in [0, 0.05) is 30.9 Å². The lowest BCUT2D eigenvalue weighted by Crippen LogP contribution is -2.60. The first-order valence-corrected chi connectivity index (χ1v) is 6.55.